The van der Waals surface area contributed by atoms with E-state index in [-0.39, 0.29) is 12.6 Å². The van der Waals surface area contributed by atoms with Crippen LogP contribution in [0.5, 0.6) is 0 Å². The predicted octanol–water partition coefficient (Wildman–Crippen LogP) is 1.86. The Hall–Kier alpha value is -1.06. The van der Waals surface area contributed by atoms with Crippen molar-refractivity contribution in [1.29, 1.82) is 0 Å². The van der Waals surface area contributed by atoms with Gasteiger partial charge < -0.3 is 15.3 Å². The van der Waals surface area contributed by atoms with Gasteiger partial charge in [0.25, 0.3) is 0 Å². The molecule has 0 aliphatic carbocycles. The highest BCUT2D eigenvalue weighted by Gasteiger charge is 2.10. The molecule has 0 aromatic heterocycles. The SMILES string of the molecule is CC(C)[C@@H](CO)NCc1ccc(N(C)C)cc1. The molecule has 3 nitrogen and oxygen atoms in total. The van der Waals surface area contributed by atoms with E-state index in [1.54, 1.807) is 0 Å². The van der Waals surface area contributed by atoms with Gasteiger partial charge in [-0.15, -0.1) is 0 Å². The number of rotatable bonds is 6. The Labute approximate surface area is 104 Å². The lowest BCUT2D eigenvalue weighted by atomic mass is 10.1. The first kappa shape index (κ1) is 14.0. The molecule has 0 heterocycles. The number of nitrogens with zero attached hydrogens (tertiary/aromatic N) is 1. The van der Waals surface area contributed by atoms with E-state index in [9.17, 15) is 5.11 Å². The molecule has 3 heteroatoms. The fourth-order valence-corrected chi connectivity index (χ4v) is 1.67. The molecule has 0 amide bonds. The van der Waals surface area contributed by atoms with Crippen molar-refractivity contribution < 1.29 is 5.11 Å². The number of aliphatic hydroxyl groups excluding tert-OH is 1. The van der Waals surface area contributed by atoms with Gasteiger partial charge in [0.05, 0.1) is 6.61 Å². The summed E-state index contributed by atoms with van der Waals surface area (Å²) in [5.74, 6) is 0.445. The summed E-state index contributed by atoms with van der Waals surface area (Å²) in [7, 11) is 4.07. The second kappa shape index (κ2) is 6.62. The van der Waals surface area contributed by atoms with Crippen LogP contribution in [0.4, 0.5) is 5.69 Å². The van der Waals surface area contributed by atoms with Crippen molar-refractivity contribution in [3.63, 3.8) is 0 Å². The summed E-state index contributed by atoms with van der Waals surface area (Å²) in [5.41, 5.74) is 2.45. The summed E-state index contributed by atoms with van der Waals surface area (Å²) in [6.45, 7) is 5.22. The van der Waals surface area contributed by atoms with Gasteiger partial charge in [-0.2, -0.15) is 0 Å². The number of hydrogen-bond donors (Lipinski definition) is 2. The second-order valence-electron chi connectivity index (χ2n) is 4.97. The summed E-state index contributed by atoms with van der Waals surface area (Å²) in [5, 5.41) is 12.6. The van der Waals surface area contributed by atoms with Crippen molar-refractivity contribution in [2.45, 2.75) is 26.4 Å². The topological polar surface area (TPSA) is 35.5 Å². The summed E-state index contributed by atoms with van der Waals surface area (Å²) < 4.78 is 0. The molecule has 0 radical (unpaired) electrons. The smallest absolute Gasteiger partial charge is 0.0587 e. The zero-order chi connectivity index (χ0) is 12.8. The molecule has 1 rings (SSSR count). The second-order valence-corrected chi connectivity index (χ2v) is 4.97. The van der Waals surface area contributed by atoms with Crippen LogP contribution in [0.3, 0.4) is 0 Å². The average Bonchev–Trinajstić information content (AvgIpc) is 2.30. The highest BCUT2D eigenvalue weighted by Crippen LogP contribution is 2.12. The van der Waals surface area contributed by atoms with Crippen molar-refractivity contribution >= 4 is 5.69 Å². The molecule has 0 aliphatic heterocycles. The van der Waals surface area contributed by atoms with Gasteiger partial charge in [-0.05, 0) is 23.6 Å². The molecule has 96 valence electrons. The largest absolute Gasteiger partial charge is 0.395 e. The van der Waals surface area contributed by atoms with Gasteiger partial charge >= 0.3 is 0 Å². The first-order valence-corrected chi connectivity index (χ1v) is 6.15. The van der Waals surface area contributed by atoms with Gasteiger partial charge in [0.2, 0.25) is 0 Å². The van der Waals surface area contributed by atoms with E-state index >= 15 is 0 Å². The van der Waals surface area contributed by atoms with E-state index in [1.165, 1.54) is 11.3 Å². The van der Waals surface area contributed by atoms with Crippen molar-refractivity contribution in [3.8, 4) is 0 Å². The Morgan fingerprint density at radius 3 is 2.18 bits per heavy atom. The summed E-state index contributed by atoms with van der Waals surface area (Å²) in [6.07, 6.45) is 0. The molecule has 0 fully saturated rings. The van der Waals surface area contributed by atoms with Crippen molar-refractivity contribution in [3.05, 3.63) is 29.8 Å². The molecule has 0 spiro atoms. The third-order valence-electron chi connectivity index (χ3n) is 3.02. The number of nitrogens with one attached hydrogen (secondary N) is 1. The Balaban J connectivity index is 2.52. The molecule has 2 N–H and O–H groups in total. The predicted molar refractivity (Wildman–Crippen MR) is 73.3 cm³/mol. The van der Waals surface area contributed by atoms with Crippen LogP contribution in [0.15, 0.2) is 24.3 Å². The summed E-state index contributed by atoms with van der Waals surface area (Å²) in [4.78, 5) is 2.09. The van der Waals surface area contributed by atoms with E-state index in [0.29, 0.717) is 5.92 Å². The van der Waals surface area contributed by atoms with Crippen LogP contribution < -0.4 is 10.2 Å². The highest BCUT2D eigenvalue weighted by molar-refractivity contribution is 5.45. The zero-order valence-electron chi connectivity index (χ0n) is 11.3. The fraction of sp³-hybridized carbons (Fsp3) is 0.571. The van der Waals surface area contributed by atoms with Gasteiger partial charge in [0.15, 0.2) is 0 Å². The van der Waals surface area contributed by atoms with Gasteiger partial charge in [0, 0.05) is 32.4 Å². The molecule has 0 aliphatic rings. The Morgan fingerprint density at radius 1 is 1.18 bits per heavy atom. The zero-order valence-corrected chi connectivity index (χ0v) is 11.3. The fourth-order valence-electron chi connectivity index (χ4n) is 1.67. The third-order valence-corrected chi connectivity index (χ3v) is 3.02. The van der Waals surface area contributed by atoms with Crippen LogP contribution in [-0.2, 0) is 6.54 Å². The average molecular weight is 236 g/mol. The quantitative estimate of drug-likeness (QED) is 0.791. The van der Waals surface area contributed by atoms with Crippen molar-refractivity contribution in [2.75, 3.05) is 25.6 Å². The highest BCUT2D eigenvalue weighted by atomic mass is 16.3. The summed E-state index contributed by atoms with van der Waals surface area (Å²) in [6, 6.07) is 8.64. The van der Waals surface area contributed by atoms with Gasteiger partial charge in [0.1, 0.15) is 0 Å². The molecule has 1 aromatic carbocycles. The van der Waals surface area contributed by atoms with Gasteiger partial charge in [-0.1, -0.05) is 26.0 Å². The molecule has 1 aromatic rings. The van der Waals surface area contributed by atoms with E-state index in [2.05, 4.69) is 48.3 Å². The van der Waals surface area contributed by atoms with Crippen molar-refractivity contribution in [2.24, 2.45) is 5.92 Å². The first-order chi connectivity index (χ1) is 8.04. The van der Waals surface area contributed by atoms with E-state index < -0.39 is 0 Å². The van der Waals surface area contributed by atoms with Crippen LogP contribution in [0.25, 0.3) is 0 Å². The minimum Gasteiger partial charge on any atom is -0.395 e. The molecular weight excluding hydrogens is 212 g/mol. The van der Waals surface area contributed by atoms with E-state index in [1.807, 2.05) is 14.1 Å². The van der Waals surface area contributed by atoms with Gasteiger partial charge in [-0.3, -0.25) is 0 Å². The number of aliphatic hydroxyl groups is 1. The third kappa shape index (κ3) is 4.36. The first-order valence-electron chi connectivity index (χ1n) is 6.15. The molecule has 0 saturated heterocycles. The normalized spacial score (nSPS) is 12.8. The Morgan fingerprint density at radius 2 is 1.76 bits per heavy atom. The standard InChI is InChI=1S/C14H24N2O/c1-11(2)14(10-17)15-9-12-5-7-13(8-6-12)16(3)4/h5-8,11,14-15,17H,9-10H2,1-4H3/t14-/m1/s1. The lowest BCUT2D eigenvalue weighted by molar-refractivity contribution is 0.210. The lowest BCUT2D eigenvalue weighted by Gasteiger charge is -2.20. The minimum absolute atomic E-state index is 0.170. The number of anilines is 1. The van der Waals surface area contributed by atoms with Gasteiger partial charge in [-0.25, -0.2) is 0 Å². The van der Waals surface area contributed by atoms with Crippen LogP contribution in [0, 0.1) is 5.92 Å². The van der Waals surface area contributed by atoms with Crippen LogP contribution >= 0.6 is 0 Å². The summed E-state index contributed by atoms with van der Waals surface area (Å²) >= 11 is 0. The van der Waals surface area contributed by atoms with E-state index in [0.717, 1.165) is 6.54 Å². The Kier molecular flexibility index (Phi) is 5.45. The van der Waals surface area contributed by atoms with Crippen LogP contribution in [-0.4, -0.2) is 31.9 Å². The molecule has 0 saturated carbocycles. The van der Waals surface area contributed by atoms with Crippen molar-refractivity contribution in [1.82, 2.24) is 5.32 Å². The number of hydrogen-bond acceptors (Lipinski definition) is 3. The Bertz CT molecular complexity index is 319. The number of benzene rings is 1. The minimum atomic E-state index is 0.170. The molecule has 0 unspecified atom stereocenters. The molecule has 17 heavy (non-hydrogen) atoms. The molecular formula is C14H24N2O. The maximum Gasteiger partial charge on any atom is 0.0587 e. The molecule has 1 atom stereocenters. The maximum absolute atomic E-state index is 9.22. The van der Waals surface area contributed by atoms with Crippen LogP contribution in [0.1, 0.15) is 19.4 Å². The maximum atomic E-state index is 9.22. The lowest BCUT2D eigenvalue weighted by Crippen LogP contribution is -2.36. The monoisotopic (exact) mass is 236 g/mol. The molecule has 0 bridgehead atoms. The van der Waals surface area contributed by atoms with Crippen LogP contribution in [0.2, 0.25) is 0 Å². The van der Waals surface area contributed by atoms with E-state index in [4.69, 9.17) is 0 Å².